The Morgan fingerprint density at radius 2 is 2.11 bits per heavy atom. The summed E-state index contributed by atoms with van der Waals surface area (Å²) < 4.78 is 1.37. The average Bonchev–Trinajstić information content (AvgIpc) is 2.95. The molecule has 0 aromatic carbocycles. The molecule has 1 N–H and O–H groups in total. The zero-order valence-electron chi connectivity index (χ0n) is 10.7. The second kappa shape index (κ2) is 4.26. The molecule has 3 aromatic heterocycles. The number of nitrogens with one attached hydrogen (secondary N) is 1. The maximum atomic E-state index is 4.44. The second-order valence-corrected chi connectivity index (χ2v) is 6.00. The van der Waals surface area contributed by atoms with Crippen molar-refractivity contribution in [1.29, 1.82) is 0 Å². The van der Waals surface area contributed by atoms with E-state index in [-0.39, 0.29) is 5.41 Å². The fraction of sp³-hybridized carbons (Fsp3) is 0.400. The van der Waals surface area contributed by atoms with Gasteiger partial charge in [-0.3, -0.25) is 5.10 Å². The lowest BCUT2D eigenvalue weighted by molar-refractivity contribution is 0.547. The predicted octanol–water partition coefficient (Wildman–Crippen LogP) is 1.09. The monoisotopic (exact) mass is 276 g/mol. The second-order valence-electron chi connectivity index (χ2n) is 5.02. The summed E-state index contributed by atoms with van der Waals surface area (Å²) in [5.41, 5.74) is 0.550. The van der Waals surface area contributed by atoms with Crippen LogP contribution in [0.5, 0.6) is 0 Å². The summed E-state index contributed by atoms with van der Waals surface area (Å²) in [6, 6.07) is 3.64. The third-order valence-corrected chi connectivity index (χ3v) is 3.21. The predicted molar refractivity (Wildman–Crippen MR) is 67.8 cm³/mol. The van der Waals surface area contributed by atoms with Gasteiger partial charge in [-0.25, -0.2) is 4.98 Å². The first-order valence-corrected chi connectivity index (χ1v) is 6.50. The van der Waals surface area contributed by atoms with Crippen molar-refractivity contribution >= 4 is 17.4 Å². The summed E-state index contributed by atoms with van der Waals surface area (Å²) in [5.74, 6) is 0.846. The Hall–Kier alpha value is -2.03. The van der Waals surface area contributed by atoms with Crippen LogP contribution in [0.15, 0.2) is 22.3 Å². The number of fused-ring (bicyclic) bond motifs is 1. The highest BCUT2D eigenvalue weighted by Gasteiger charge is 2.19. The summed E-state index contributed by atoms with van der Waals surface area (Å²) in [5, 5.41) is 23.8. The van der Waals surface area contributed by atoms with Crippen LogP contribution in [0.25, 0.3) is 5.65 Å². The average molecular weight is 276 g/mol. The Kier molecular flexibility index (Phi) is 2.70. The number of rotatable bonds is 2. The molecule has 3 heterocycles. The van der Waals surface area contributed by atoms with Crippen molar-refractivity contribution in [2.45, 2.75) is 36.4 Å². The Balaban J connectivity index is 1.86. The Bertz CT molecular complexity index is 709. The van der Waals surface area contributed by atoms with Gasteiger partial charge >= 0.3 is 0 Å². The van der Waals surface area contributed by atoms with Crippen LogP contribution in [0, 0.1) is 0 Å². The molecule has 0 aliphatic rings. The number of aromatic amines is 1. The maximum Gasteiger partial charge on any atom is 0.214 e. The molecule has 0 saturated carbocycles. The van der Waals surface area contributed by atoms with Crippen molar-refractivity contribution in [2.24, 2.45) is 0 Å². The van der Waals surface area contributed by atoms with Crippen LogP contribution < -0.4 is 0 Å². The number of aromatic nitrogens is 8. The van der Waals surface area contributed by atoms with Gasteiger partial charge in [0, 0.05) is 5.41 Å². The molecule has 8 nitrogen and oxygen atoms in total. The molecule has 0 saturated heterocycles. The van der Waals surface area contributed by atoms with E-state index >= 15 is 0 Å². The van der Waals surface area contributed by atoms with Crippen LogP contribution >= 0.6 is 11.8 Å². The molecule has 0 amide bonds. The minimum absolute atomic E-state index is 0.0565. The molecular formula is C10H12N8S. The quantitative estimate of drug-likeness (QED) is 0.748. The standard InChI is InChI=1S/C10H12N8S/c1-10(2,3)8-11-9(14-13-8)19-7-5-4-6-12-16-17-18(6)15-7/h4-5H,1-3H3,(H,11,13,14). The van der Waals surface area contributed by atoms with E-state index in [0.717, 1.165) is 10.9 Å². The first-order valence-electron chi connectivity index (χ1n) is 5.68. The van der Waals surface area contributed by atoms with Gasteiger partial charge in [0.2, 0.25) is 5.16 Å². The maximum absolute atomic E-state index is 4.44. The summed E-state index contributed by atoms with van der Waals surface area (Å²) in [6.07, 6.45) is 0. The van der Waals surface area contributed by atoms with Crippen LogP contribution in [0.4, 0.5) is 0 Å². The van der Waals surface area contributed by atoms with Crippen molar-refractivity contribution in [2.75, 3.05) is 0 Å². The van der Waals surface area contributed by atoms with Gasteiger partial charge in [-0.05, 0) is 34.3 Å². The van der Waals surface area contributed by atoms with Crippen LogP contribution in [0.1, 0.15) is 26.6 Å². The Morgan fingerprint density at radius 3 is 2.84 bits per heavy atom. The van der Waals surface area contributed by atoms with E-state index in [0.29, 0.717) is 10.8 Å². The third-order valence-electron chi connectivity index (χ3n) is 2.42. The lowest BCUT2D eigenvalue weighted by Crippen LogP contribution is -2.13. The summed E-state index contributed by atoms with van der Waals surface area (Å²) >= 11 is 1.36. The van der Waals surface area contributed by atoms with E-state index in [4.69, 9.17) is 0 Å². The van der Waals surface area contributed by atoms with Crippen LogP contribution in [0.2, 0.25) is 0 Å². The SMILES string of the molecule is CC(C)(C)c1nc(Sc2ccc3nnnn3n2)n[nH]1. The molecule has 98 valence electrons. The number of hydrogen-bond donors (Lipinski definition) is 1. The molecule has 19 heavy (non-hydrogen) atoms. The molecule has 0 bridgehead atoms. The molecule has 0 fully saturated rings. The van der Waals surface area contributed by atoms with Crippen LogP contribution in [0.3, 0.4) is 0 Å². The van der Waals surface area contributed by atoms with Crippen molar-refractivity contribution in [3.05, 3.63) is 18.0 Å². The minimum Gasteiger partial charge on any atom is -0.262 e. The summed E-state index contributed by atoms with van der Waals surface area (Å²) in [6.45, 7) is 6.23. The first-order chi connectivity index (χ1) is 9.02. The van der Waals surface area contributed by atoms with E-state index in [1.165, 1.54) is 16.4 Å². The summed E-state index contributed by atoms with van der Waals surface area (Å²) in [7, 11) is 0. The zero-order valence-corrected chi connectivity index (χ0v) is 11.5. The fourth-order valence-corrected chi connectivity index (χ4v) is 2.08. The number of hydrogen-bond acceptors (Lipinski definition) is 7. The normalized spacial score (nSPS) is 12.2. The lowest BCUT2D eigenvalue weighted by atomic mass is 9.96. The van der Waals surface area contributed by atoms with Crippen molar-refractivity contribution in [3.8, 4) is 0 Å². The molecular weight excluding hydrogens is 264 g/mol. The highest BCUT2D eigenvalue weighted by atomic mass is 32.2. The van der Waals surface area contributed by atoms with Gasteiger partial charge in [-0.2, -0.15) is 0 Å². The smallest absolute Gasteiger partial charge is 0.214 e. The molecule has 0 radical (unpaired) electrons. The highest BCUT2D eigenvalue weighted by molar-refractivity contribution is 7.99. The van der Waals surface area contributed by atoms with Crippen molar-refractivity contribution < 1.29 is 0 Å². The zero-order chi connectivity index (χ0) is 13.5. The van der Waals surface area contributed by atoms with Crippen molar-refractivity contribution in [1.82, 2.24) is 40.4 Å². The summed E-state index contributed by atoms with van der Waals surface area (Å²) in [4.78, 5) is 4.44. The minimum atomic E-state index is -0.0565. The van der Waals surface area contributed by atoms with E-state index in [1.807, 2.05) is 6.07 Å². The number of nitrogens with zero attached hydrogens (tertiary/aromatic N) is 7. The van der Waals surface area contributed by atoms with Gasteiger partial charge in [-0.15, -0.1) is 19.9 Å². The Labute approximate surface area is 113 Å². The topological polar surface area (TPSA) is 97.5 Å². The highest BCUT2D eigenvalue weighted by Crippen LogP contribution is 2.25. The van der Waals surface area contributed by atoms with E-state index < -0.39 is 0 Å². The van der Waals surface area contributed by atoms with E-state index in [2.05, 4.69) is 56.6 Å². The van der Waals surface area contributed by atoms with Gasteiger partial charge < -0.3 is 0 Å². The molecule has 0 aliphatic carbocycles. The number of H-pyrrole nitrogens is 1. The van der Waals surface area contributed by atoms with Gasteiger partial charge in [0.25, 0.3) is 0 Å². The number of tetrazole rings is 1. The molecule has 0 atom stereocenters. The lowest BCUT2D eigenvalue weighted by Gasteiger charge is -2.12. The van der Waals surface area contributed by atoms with Gasteiger partial charge in [-0.1, -0.05) is 20.8 Å². The first kappa shape index (κ1) is 12.0. The molecule has 0 unspecified atom stereocenters. The van der Waals surface area contributed by atoms with Crippen LogP contribution in [-0.4, -0.2) is 40.4 Å². The Morgan fingerprint density at radius 1 is 1.26 bits per heavy atom. The third kappa shape index (κ3) is 2.41. The molecule has 0 spiro atoms. The fourth-order valence-electron chi connectivity index (χ4n) is 1.41. The van der Waals surface area contributed by atoms with Crippen molar-refractivity contribution in [3.63, 3.8) is 0 Å². The van der Waals surface area contributed by atoms with Crippen LogP contribution in [-0.2, 0) is 5.41 Å². The largest absolute Gasteiger partial charge is 0.262 e. The molecule has 0 aliphatic heterocycles. The molecule has 9 heteroatoms. The van der Waals surface area contributed by atoms with Gasteiger partial charge in [0.05, 0.1) is 0 Å². The van der Waals surface area contributed by atoms with Gasteiger partial charge in [0.1, 0.15) is 10.9 Å². The van der Waals surface area contributed by atoms with E-state index in [1.54, 1.807) is 6.07 Å². The molecule has 3 rings (SSSR count). The molecule has 3 aromatic rings. The van der Waals surface area contributed by atoms with E-state index in [9.17, 15) is 0 Å². The van der Waals surface area contributed by atoms with Gasteiger partial charge in [0.15, 0.2) is 5.65 Å².